The third-order valence-corrected chi connectivity index (χ3v) is 5.88. The standard InChI is InChI=1S/C22H24Cl4N2O2/c1-3-4-9-27-22(30)14(2)28(13-16-6-8-18(24)12-20(16)26)21(29)10-15-5-7-17(23)11-19(15)25/h5-8,11-12,14H,3-4,9-10,13H2,1-2H3,(H,27,30)/t14-/m0/s1. The molecule has 0 spiro atoms. The summed E-state index contributed by atoms with van der Waals surface area (Å²) < 4.78 is 0. The molecule has 0 fully saturated rings. The van der Waals surface area contributed by atoms with Gasteiger partial charge in [-0.15, -0.1) is 0 Å². The molecule has 0 saturated heterocycles. The van der Waals surface area contributed by atoms with Crippen molar-refractivity contribution in [3.8, 4) is 0 Å². The van der Waals surface area contributed by atoms with Gasteiger partial charge in [0.25, 0.3) is 0 Å². The number of nitrogens with one attached hydrogen (secondary N) is 1. The number of rotatable bonds is 9. The molecule has 0 aliphatic heterocycles. The van der Waals surface area contributed by atoms with E-state index in [9.17, 15) is 9.59 Å². The number of benzene rings is 2. The van der Waals surface area contributed by atoms with Crippen LogP contribution in [0.5, 0.6) is 0 Å². The summed E-state index contributed by atoms with van der Waals surface area (Å²) in [5.74, 6) is -0.465. The molecule has 2 aromatic carbocycles. The first-order valence-corrected chi connectivity index (χ1v) is 11.2. The van der Waals surface area contributed by atoms with Crippen molar-refractivity contribution in [2.24, 2.45) is 0 Å². The lowest BCUT2D eigenvalue weighted by molar-refractivity contribution is -0.140. The van der Waals surface area contributed by atoms with Crippen LogP contribution in [0.1, 0.15) is 37.8 Å². The van der Waals surface area contributed by atoms with Gasteiger partial charge in [-0.1, -0.05) is 71.9 Å². The number of carbonyl (C=O) groups excluding carboxylic acids is 2. The summed E-state index contributed by atoms with van der Waals surface area (Å²) in [6, 6.07) is 9.36. The van der Waals surface area contributed by atoms with Crippen molar-refractivity contribution >= 4 is 58.2 Å². The van der Waals surface area contributed by atoms with Gasteiger partial charge in [-0.25, -0.2) is 0 Å². The largest absolute Gasteiger partial charge is 0.354 e. The van der Waals surface area contributed by atoms with Gasteiger partial charge in [0.05, 0.1) is 6.42 Å². The van der Waals surface area contributed by atoms with E-state index in [-0.39, 0.29) is 24.8 Å². The number of hydrogen-bond donors (Lipinski definition) is 1. The van der Waals surface area contributed by atoms with E-state index in [4.69, 9.17) is 46.4 Å². The Bertz CT molecular complexity index is 905. The average molecular weight is 490 g/mol. The smallest absolute Gasteiger partial charge is 0.242 e. The fourth-order valence-electron chi connectivity index (χ4n) is 2.88. The minimum atomic E-state index is -0.688. The molecule has 0 heterocycles. The molecule has 0 aliphatic rings. The third-order valence-electron chi connectivity index (χ3n) is 4.71. The summed E-state index contributed by atoms with van der Waals surface area (Å²) in [7, 11) is 0. The van der Waals surface area contributed by atoms with Crippen molar-refractivity contribution in [3.05, 3.63) is 67.6 Å². The Labute approximate surface area is 197 Å². The number of halogens is 4. The molecule has 1 atom stereocenters. The van der Waals surface area contributed by atoms with Crippen molar-refractivity contribution < 1.29 is 9.59 Å². The molecule has 8 heteroatoms. The van der Waals surface area contributed by atoms with Gasteiger partial charge in [-0.05, 0) is 48.7 Å². The van der Waals surface area contributed by atoms with E-state index in [1.54, 1.807) is 43.3 Å². The molecule has 2 amide bonds. The minimum Gasteiger partial charge on any atom is -0.354 e. The molecule has 30 heavy (non-hydrogen) atoms. The zero-order valence-corrected chi connectivity index (χ0v) is 19.9. The molecule has 0 aliphatic carbocycles. The first kappa shape index (κ1) is 24.8. The Kier molecular flexibility index (Phi) is 9.76. The predicted octanol–water partition coefficient (Wildman–Crippen LogP) is 6.18. The van der Waals surface area contributed by atoms with E-state index in [0.717, 1.165) is 12.8 Å². The van der Waals surface area contributed by atoms with E-state index in [1.165, 1.54) is 4.90 Å². The van der Waals surface area contributed by atoms with Crippen LogP contribution in [-0.4, -0.2) is 29.3 Å². The molecular weight excluding hydrogens is 466 g/mol. The lowest BCUT2D eigenvalue weighted by Crippen LogP contribution is -2.48. The average Bonchev–Trinajstić information content (AvgIpc) is 2.69. The number of unbranched alkanes of at least 4 members (excludes halogenated alkanes) is 1. The SMILES string of the molecule is CCCCNC(=O)[C@H](C)N(Cc1ccc(Cl)cc1Cl)C(=O)Cc1ccc(Cl)cc1Cl. The van der Waals surface area contributed by atoms with Crippen LogP contribution in [0.3, 0.4) is 0 Å². The van der Waals surface area contributed by atoms with Gasteiger partial charge in [-0.2, -0.15) is 0 Å². The Balaban J connectivity index is 2.26. The van der Waals surface area contributed by atoms with Gasteiger partial charge in [0, 0.05) is 33.2 Å². The Morgan fingerprint density at radius 3 is 2.07 bits per heavy atom. The highest BCUT2D eigenvalue weighted by Crippen LogP contribution is 2.25. The number of nitrogens with zero attached hydrogens (tertiary/aromatic N) is 1. The summed E-state index contributed by atoms with van der Waals surface area (Å²) in [6.45, 7) is 4.48. The van der Waals surface area contributed by atoms with Crippen molar-refractivity contribution in [1.82, 2.24) is 10.2 Å². The molecule has 0 bridgehead atoms. The second-order valence-corrected chi connectivity index (χ2v) is 8.68. The van der Waals surface area contributed by atoms with Crippen LogP contribution in [0.25, 0.3) is 0 Å². The van der Waals surface area contributed by atoms with Crippen LogP contribution in [0.15, 0.2) is 36.4 Å². The number of hydrogen-bond acceptors (Lipinski definition) is 2. The van der Waals surface area contributed by atoms with Crippen molar-refractivity contribution in [2.75, 3.05) is 6.54 Å². The Morgan fingerprint density at radius 2 is 1.53 bits per heavy atom. The predicted molar refractivity (Wildman–Crippen MR) is 125 cm³/mol. The maximum absolute atomic E-state index is 13.2. The molecule has 0 radical (unpaired) electrons. The minimum absolute atomic E-state index is 0.0355. The highest BCUT2D eigenvalue weighted by molar-refractivity contribution is 6.35. The second kappa shape index (κ2) is 11.8. The molecule has 1 N–H and O–H groups in total. The van der Waals surface area contributed by atoms with E-state index in [1.807, 2.05) is 6.92 Å². The van der Waals surface area contributed by atoms with E-state index >= 15 is 0 Å². The molecule has 0 saturated carbocycles. The summed E-state index contributed by atoms with van der Waals surface area (Å²) in [4.78, 5) is 27.3. The lowest BCUT2D eigenvalue weighted by atomic mass is 10.1. The monoisotopic (exact) mass is 488 g/mol. The Morgan fingerprint density at radius 1 is 0.967 bits per heavy atom. The highest BCUT2D eigenvalue weighted by Gasteiger charge is 2.27. The third kappa shape index (κ3) is 7.05. The fraction of sp³-hybridized carbons (Fsp3) is 0.364. The number of amides is 2. The van der Waals surface area contributed by atoms with Crippen LogP contribution < -0.4 is 5.32 Å². The van der Waals surface area contributed by atoms with Crippen molar-refractivity contribution in [2.45, 2.75) is 45.7 Å². The maximum Gasteiger partial charge on any atom is 0.242 e. The van der Waals surface area contributed by atoms with E-state index < -0.39 is 6.04 Å². The summed E-state index contributed by atoms with van der Waals surface area (Å²) in [5, 5.41) is 4.71. The van der Waals surface area contributed by atoms with Gasteiger partial charge in [0.15, 0.2) is 0 Å². The topological polar surface area (TPSA) is 49.4 Å². The quantitative estimate of drug-likeness (QED) is 0.427. The molecule has 162 valence electrons. The highest BCUT2D eigenvalue weighted by atomic mass is 35.5. The second-order valence-electron chi connectivity index (χ2n) is 6.99. The molecule has 0 aromatic heterocycles. The first-order chi connectivity index (χ1) is 14.2. The van der Waals surface area contributed by atoms with Crippen LogP contribution in [0.2, 0.25) is 20.1 Å². The van der Waals surface area contributed by atoms with Gasteiger partial charge >= 0.3 is 0 Å². The fourth-order valence-corrected chi connectivity index (χ4v) is 3.83. The molecule has 2 rings (SSSR count). The summed E-state index contributed by atoms with van der Waals surface area (Å²) >= 11 is 24.5. The maximum atomic E-state index is 13.2. The van der Waals surface area contributed by atoms with Crippen LogP contribution >= 0.6 is 46.4 Å². The van der Waals surface area contributed by atoms with E-state index in [0.29, 0.717) is 37.8 Å². The van der Waals surface area contributed by atoms with Gasteiger partial charge in [-0.3, -0.25) is 9.59 Å². The normalized spacial score (nSPS) is 11.8. The van der Waals surface area contributed by atoms with Crippen LogP contribution in [-0.2, 0) is 22.6 Å². The van der Waals surface area contributed by atoms with E-state index in [2.05, 4.69) is 5.32 Å². The summed E-state index contributed by atoms with van der Waals surface area (Å²) in [6.07, 6.45) is 1.87. The molecule has 0 unspecified atom stereocenters. The molecule has 2 aromatic rings. The van der Waals surface area contributed by atoms with Crippen molar-refractivity contribution in [1.29, 1.82) is 0 Å². The van der Waals surface area contributed by atoms with Crippen molar-refractivity contribution in [3.63, 3.8) is 0 Å². The van der Waals surface area contributed by atoms with Gasteiger partial charge < -0.3 is 10.2 Å². The van der Waals surface area contributed by atoms with Gasteiger partial charge in [0.2, 0.25) is 11.8 Å². The Hall–Kier alpha value is -1.46. The summed E-state index contributed by atoms with van der Waals surface area (Å²) in [5.41, 5.74) is 1.33. The number of carbonyl (C=O) groups is 2. The van der Waals surface area contributed by atoms with Crippen LogP contribution in [0.4, 0.5) is 0 Å². The lowest BCUT2D eigenvalue weighted by Gasteiger charge is -2.29. The molecular formula is C22H24Cl4N2O2. The van der Waals surface area contributed by atoms with Crippen LogP contribution in [0, 0.1) is 0 Å². The van der Waals surface area contributed by atoms with Gasteiger partial charge in [0.1, 0.15) is 6.04 Å². The first-order valence-electron chi connectivity index (χ1n) is 9.68. The zero-order valence-electron chi connectivity index (χ0n) is 16.9. The zero-order chi connectivity index (χ0) is 22.3. The molecule has 4 nitrogen and oxygen atoms in total.